The molecule has 0 heterocycles. The number of hydrogen-bond donors (Lipinski definition) is 0. The van der Waals surface area contributed by atoms with Crippen molar-refractivity contribution >= 4 is 25.9 Å². The Morgan fingerprint density at radius 3 is 1.50 bits per heavy atom. The van der Waals surface area contributed by atoms with E-state index in [1.165, 1.54) is 12.1 Å². The molecule has 0 N–H and O–H groups in total. The van der Waals surface area contributed by atoms with Gasteiger partial charge in [-0.1, -0.05) is 39.2 Å². The molecular weight excluding hydrogens is 396 g/mol. The van der Waals surface area contributed by atoms with Gasteiger partial charge in [-0.2, -0.15) is 8.42 Å². The van der Waals surface area contributed by atoms with Gasteiger partial charge in [0.1, 0.15) is 0 Å². The molecule has 1 atom stereocenters. The lowest BCUT2D eigenvalue weighted by molar-refractivity contribution is 0.485. The van der Waals surface area contributed by atoms with E-state index in [9.17, 15) is 12.6 Å². The van der Waals surface area contributed by atoms with Crippen molar-refractivity contribution in [3.8, 4) is 0 Å². The molecule has 0 saturated heterocycles. The number of aryl methyl sites for hydroxylation is 2. The van der Waals surface area contributed by atoms with E-state index in [1.54, 1.807) is 74.4 Å². The lowest BCUT2D eigenvalue weighted by atomic mass is 10.2. The second kappa shape index (κ2) is 8.32. The van der Waals surface area contributed by atoms with Gasteiger partial charge in [0.25, 0.3) is 10.0 Å². The van der Waals surface area contributed by atoms with E-state index in [2.05, 4.69) is 8.17 Å². The van der Waals surface area contributed by atoms with Crippen LogP contribution in [-0.2, 0) is 19.9 Å². The number of guanidine groups is 1. The van der Waals surface area contributed by atoms with Crippen LogP contribution in [0.5, 0.6) is 0 Å². The van der Waals surface area contributed by atoms with E-state index in [0.717, 1.165) is 11.1 Å². The Hall–Kier alpha value is -2.39. The first-order valence-electron chi connectivity index (χ1n) is 8.56. The van der Waals surface area contributed by atoms with Crippen LogP contribution in [0.25, 0.3) is 0 Å². The molecule has 0 saturated carbocycles. The third-order valence-corrected chi connectivity index (χ3v) is 7.61. The zero-order valence-corrected chi connectivity index (χ0v) is 18.6. The fourth-order valence-corrected chi connectivity index (χ4v) is 5.90. The van der Waals surface area contributed by atoms with Crippen LogP contribution >= 0.6 is 0 Å². The molecule has 0 aliphatic carbocycles. The van der Waals surface area contributed by atoms with Crippen LogP contribution in [0.1, 0.15) is 11.1 Å². The summed E-state index contributed by atoms with van der Waals surface area (Å²) in [5.74, 6) is 0.341. The molecule has 2 rings (SSSR count). The van der Waals surface area contributed by atoms with Gasteiger partial charge in [-0.15, -0.1) is 4.40 Å². The van der Waals surface area contributed by atoms with E-state index in [0.29, 0.717) is 5.96 Å². The highest BCUT2D eigenvalue weighted by molar-refractivity contribution is 8.02. The average molecular weight is 423 g/mol. The molecular formula is C19H26N4O3S2. The third kappa shape index (κ3) is 5.11. The topological polar surface area (TPSA) is 82.4 Å². The van der Waals surface area contributed by atoms with Gasteiger partial charge in [0.2, 0.25) is 5.96 Å². The van der Waals surface area contributed by atoms with Crippen LogP contribution in [-0.4, -0.2) is 56.6 Å². The summed E-state index contributed by atoms with van der Waals surface area (Å²) < 4.78 is 47.6. The van der Waals surface area contributed by atoms with Crippen LogP contribution in [0.2, 0.25) is 0 Å². The van der Waals surface area contributed by atoms with Gasteiger partial charge in [-0.3, -0.25) is 0 Å². The molecule has 0 aromatic heterocycles. The van der Waals surface area contributed by atoms with Gasteiger partial charge in [-0.25, -0.2) is 4.21 Å². The van der Waals surface area contributed by atoms with Crippen LogP contribution < -0.4 is 0 Å². The molecule has 0 fully saturated rings. The smallest absolute Gasteiger partial charge is 0.291 e. The van der Waals surface area contributed by atoms with E-state index >= 15 is 0 Å². The fraction of sp³-hybridized carbons (Fsp3) is 0.316. The summed E-state index contributed by atoms with van der Waals surface area (Å²) in [6.07, 6.45) is 0. The highest BCUT2D eigenvalue weighted by Gasteiger charge is 2.22. The largest absolute Gasteiger partial charge is 0.348 e. The zero-order chi connectivity index (χ0) is 21.1. The first-order valence-corrected chi connectivity index (χ1v) is 11.5. The third-order valence-electron chi connectivity index (χ3n) is 3.85. The SMILES string of the molecule is Cc1ccc(S(=O)(=O)N=S(=O)(N=C(N(C)C)N(C)C)c2ccc(C)cc2)cc1. The molecule has 2 aromatic rings. The predicted octanol–water partition coefficient (Wildman–Crippen LogP) is 2.91. The Balaban J connectivity index is 2.79. The summed E-state index contributed by atoms with van der Waals surface area (Å²) >= 11 is 0. The van der Waals surface area contributed by atoms with Crippen LogP contribution in [0, 0.1) is 13.8 Å². The van der Waals surface area contributed by atoms with Crippen molar-refractivity contribution in [2.24, 2.45) is 8.17 Å². The molecule has 0 amide bonds. The Morgan fingerprint density at radius 2 is 1.11 bits per heavy atom. The van der Waals surface area contributed by atoms with Crippen molar-refractivity contribution in [3.63, 3.8) is 0 Å². The maximum absolute atomic E-state index is 13.8. The van der Waals surface area contributed by atoms with Gasteiger partial charge in [0.15, 0.2) is 9.92 Å². The lowest BCUT2D eigenvalue weighted by Crippen LogP contribution is -2.36. The second-order valence-corrected chi connectivity index (χ2v) is 10.5. The van der Waals surface area contributed by atoms with Crippen molar-refractivity contribution < 1.29 is 12.6 Å². The molecule has 1 unspecified atom stereocenters. The van der Waals surface area contributed by atoms with Gasteiger partial charge >= 0.3 is 0 Å². The molecule has 0 spiro atoms. The molecule has 0 aliphatic heterocycles. The molecule has 0 aliphatic rings. The van der Waals surface area contributed by atoms with Gasteiger partial charge < -0.3 is 9.80 Å². The van der Waals surface area contributed by atoms with E-state index in [-0.39, 0.29) is 9.79 Å². The maximum atomic E-state index is 13.8. The summed E-state index contributed by atoms with van der Waals surface area (Å²) in [5, 5.41) is 0. The molecule has 0 bridgehead atoms. The normalized spacial score (nSPS) is 13.4. The number of sulfonamides is 1. The Morgan fingerprint density at radius 1 is 0.714 bits per heavy atom. The van der Waals surface area contributed by atoms with Crippen molar-refractivity contribution in [1.82, 2.24) is 9.80 Å². The number of rotatable bonds is 4. The second-order valence-electron chi connectivity index (χ2n) is 6.85. The van der Waals surface area contributed by atoms with Gasteiger partial charge in [0, 0.05) is 28.2 Å². The zero-order valence-electron chi connectivity index (χ0n) is 16.9. The fourth-order valence-electron chi connectivity index (χ4n) is 2.39. The monoisotopic (exact) mass is 422 g/mol. The molecule has 7 nitrogen and oxygen atoms in total. The van der Waals surface area contributed by atoms with E-state index in [4.69, 9.17) is 0 Å². The average Bonchev–Trinajstić information content (AvgIpc) is 2.59. The van der Waals surface area contributed by atoms with E-state index < -0.39 is 19.9 Å². The molecule has 9 heteroatoms. The minimum absolute atomic E-state index is 0.0237. The van der Waals surface area contributed by atoms with Crippen molar-refractivity contribution in [3.05, 3.63) is 59.7 Å². The predicted molar refractivity (Wildman–Crippen MR) is 113 cm³/mol. The Labute approximate surface area is 168 Å². The summed E-state index contributed by atoms with van der Waals surface area (Å²) in [7, 11) is -0.879. The molecule has 152 valence electrons. The van der Waals surface area contributed by atoms with Crippen LogP contribution in [0.4, 0.5) is 0 Å². The number of nitrogens with zero attached hydrogens (tertiary/aromatic N) is 4. The summed E-state index contributed by atoms with van der Waals surface area (Å²) in [6, 6.07) is 12.9. The number of benzene rings is 2. The van der Waals surface area contributed by atoms with Gasteiger partial charge in [-0.05, 0) is 38.1 Å². The van der Waals surface area contributed by atoms with Crippen LogP contribution in [0.3, 0.4) is 0 Å². The van der Waals surface area contributed by atoms with Crippen molar-refractivity contribution in [1.29, 1.82) is 0 Å². The van der Waals surface area contributed by atoms with Gasteiger partial charge in [0.05, 0.1) is 9.79 Å². The number of hydrogen-bond acceptors (Lipinski definition) is 3. The highest BCUT2D eigenvalue weighted by atomic mass is 32.3. The minimum Gasteiger partial charge on any atom is -0.348 e. The molecule has 0 radical (unpaired) electrons. The quantitative estimate of drug-likeness (QED) is 0.559. The highest BCUT2D eigenvalue weighted by Crippen LogP contribution is 2.22. The lowest BCUT2D eigenvalue weighted by Gasteiger charge is -2.23. The first-order chi connectivity index (χ1) is 12.9. The standard InChI is InChI=1S/C19H26N4O3S2/c1-15-7-11-17(12-8-15)27(24,20-19(22(3)4)23(5)6)21-28(25,26)18-13-9-16(2)10-14-18/h7-14H,1-6H3. The summed E-state index contributed by atoms with van der Waals surface area (Å²) in [4.78, 5) is 3.52. The Kier molecular flexibility index (Phi) is 6.51. The molecule has 28 heavy (non-hydrogen) atoms. The summed E-state index contributed by atoms with van der Waals surface area (Å²) in [5.41, 5.74) is 1.87. The van der Waals surface area contributed by atoms with E-state index in [1.807, 2.05) is 13.8 Å². The van der Waals surface area contributed by atoms with Crippen molar-refractivity contribution in [2.45, 2.75) is 23.6 Å². The summed E-state index contributed by atoms with van der Waals surface area (Å²) in [6.45, 7) is 3.74. The minimum atomic E-state index is -4.18. The first kappa shape index (κ1) is 21.9. The van der Waals surface area contributed by atoms with Crippen LogP contribution in [0.15, 0.2) is 66.5 Å². The maximum Gasteiger partial charge on any atom is 0.291 e. The molecule has 2 aromatic carbocycles. The van der Waals surface area contributed by atoms with Crippen molar-refractivity contribution in [2.75, 3.05) is 28.2 Å². The Bertz CT molecular complexity index is 1070.